The van der Waals surface area contributed by atoms with E-state index >= 15 is 0 Å². The van der Waals surface area contributed by atoms with Crippen LogP contribution in [0.4, 0.5) is 0 Å². The molecule has 64 valence electrons. The second kappa shape index (κ2) is 4.06. The molecule has 0 aliphatic carbocycles. The molecule has 1 aromatic rings. The van der Waals surface area contributed by atoms with Crippen LogP contribution in [0.2, 0.25) is 0 Å². The molecule has 0 aliphatic heterocycles. The summed E-state index contributed by atoms with van der Waals surface area (Å²) < 4.78 is 0. The number of carboxylic acid groups (broad SMARTS) is 1. The Labute approximate surface area is 74.0 Å². The molecule has 5 heteroatoms. The van der Waals surface area contributed by atoms with Crippen molar-refractivity contribution < 1.29 is 9.90 Å². The highest BCUT2D eigenvalue weighted by atomic mass is 32.2. The van der Waals surface area contributed by atoms with Crippen molar-refractivity contribution in [1.29, 1.82) is 0 Å². The van der Waals surface area contributed by atoms with Crippen LogP contribution >= 0.6 is 11.8 Å². The lowest BCUT2D eigenvalue weighted by atomic mass is 10.5. The van der Waals surface area contributed by atoms with E-state index in [1.54, 1.807) is 6.92 Å². The van der Waals surface area contributed by atoms with E-state index in [-0.39, 0.29) is 0 Å². The van der Waals surface area contributed by atoms with Crippen molar-refractivity contribution in [1.82, 2.24) is 9.97 Å². The number of hydrogen-bond donors (Lipinski definition) is 0. The van der Waals surface area contributed by atoms with Gasteiger partial charge >= 0.3 is 0 Å². The number of rotatable bonds is 3. The number of thioether (sulfide) groups is 1. The lowest BCUT2D eigenvalue weighted by Crippen LogP contribution is -2.31. The third-order valence-corrected chi connectivity index (χ3v) is 2.17. The molecule has 0 unspecified atom stereocenters. The highest BCUT2D eigenvalue weighted by Crippen LogP contribution is 2.18. The van der Waals surface area contributed by atoms with Gasteiger partial charge in [-0.3, -0.25) is 4.98 Å². The van der Waals surface area contributed by atoms with Gasteiger partial charge in [0.25, 0.3) is 0 Å². The smallest absolute Gasteiger partial charge is 0.115 e. The molecule has 0 saturated carbocycles. The van der Waals surface area contributed by atoms with Gasteiger partial charge in [0.2, 0.25) is 0 Å². The average Bonchev–Trinajstić information content (AvgIpc) is 2.06. The van der Waals surface area contributed by atoms with Crippen molar-refractivity contribution in [2.75, 3.05) is 0 Å². The minimum absolute atomic E-state index is 0.592. The van der Waals surface area contributed by atoms with Crippen LogP contribution in [0, 0.1) is 0 Å². The molecule has 0 saturated heterocycles. The van der Waals surface area contributed by atoms with Crippen LogP contribution in [0.15, 0.2) is 23.6 Å². The topological polar surface area (TPSA) is 65.9 Å². The first kappa shape index (κ1) is 8.99. The predicted octanol–water partition coefficient (Wildman–Crippen LogP) is -0.293. The Morgan fingerprint density at radius 2 is 2.42 bits per heavy atom. The highest BCUT2D eigenvalue weighted by molar-refractivity contribution is 8.00. The molecule has 1 rings (SSSR count). The Hall–Kier alpha value is -1.10. The molecule has 1 atom stereocenters. The summed E-state index contributed by atoms with van der Waals surface area (Å²) in [7, 11) is 0. The quantitative estimate of drug-likeness (QED) is 0.602. The van der Waals surface area contributed by atoms with E-state index in [4.69, 9.17) is 0 Å². The maximum absolute atomic E-state index is 10.3. The largest absolute Gasteiger partial charge is 0.549 e. The molecular weight excluding hydrogens is 176 g/mol. The van der Waals surface area contributed by atoms with Crippen molar-refractivity contribution >= 4 is 17.7 Å². The van der Waals surface area contributed by atoms with Crippen molar-refractivity contribution in [3.8, 4) is 0 Å². The fourth-order valence-electron chi connectivity index (χ4n) is 0.576. The molecule has 0 amide bonds. The first-order chi connectivity index (χ1) is 5.70. The third-order valence-electron chi connectivity index (χ3n) is 1.17. The lowest BCUT2D eigenvalue weighted by Gasteiger charge is -2.09. The van der Waals surface area contributed by atoms with Gasteiger partial charge in [-0.05, 0) is 6.92 Å². The minimum Gasteiger partial charge on any atom is -0.549 e. The number of aromatic nitrogens is 2. The Morgan fingerprint density at radius 3 is 2.92 bits per heavy atom. The summed E-state index contributed by atoms with van der Waals surface area (Å²) in [6, 6.07) is 0. The Kier molecular flexibility index (Phi) is 3.04. The minimum atomic E-state index is -1.09. The standard InChI is InChI=1S/C7H8N2O2S/c1-5(7(10)11)12-6-4-8-2-3-9-6/h2-5H,1H3,(H,10,11)/p-1/t5-/m0/s1. The van der Waals surface area contributed by atoms with Gasteiger partial charge in [-0.15, -0.1) is 0 Å². The van der Waals surface area contributed by atoms with Gasteiger partial charge in [0.1, 0.15) is 5.03 Å². The number of hydrogen-bond acceptors (Lipinski definition) is 5. The van der Waals surface area contributed by atoms with E-state index in [1.165, 1.54) is 18.6 Å². The molecule has 1 heterocycles. The second-order valence-corrected chi connectivity index (χ2v) is 3.48. The van der Waals surface area contributed by atoms with Gasteiger partial charge in [-0.2, -0.15) is 0 Å². The summed E-state index contributed by atoms with van der Waals surface area (Å²) in [5.74, 6) is -1.09. The van der Waals surface area contributed by atoms with E-state index in [1.807, 2.05) is 0 Å². The van der Waals surface area contributed by atoms with E-state index in [0.29, 0.717) is 5.03 Å². The summed E-state index contributed by atoms with van der Waals surface area (Å²) in [5, 5.41) is 10.3. The average molecular weight is 183 g/mol. The molecule has 0 radical (unpaired) electrons. The van der Waals surface area contributed by atoms with Crippen molar-refractivity contribution in [2.24, 2.45) is 0 Å². The van der Waals surface area contributed by atoms with Crippen LogP contribution in [-0.2, 0) is 4.79 Å². The Bertz CT molecular complexity index is 265. The first-order valence-electron chi connectivity index (χ1n) is 3.33. The van der Waals surface area contributed by atoms with Gasteiger partial charge in [-0.25, -0.2) is 4.98 Å². The predicted molar refractivity (Wildman–Crippen MR) is 42.4 cm³/mol. The molecule has 0 fully saturated rings. The number of carbonyl (C=O) groups excluding carboxylic acids is 1. The molecule has 12 heavy (non-hydrogen) atoms. The maximum Gasteiger partial charge on any atom is 0.115 e. The third kappa shape index (κ3) is 2.50. The van der Waals surface area contributed by atoms with Crippen molar-refractivity contribution in [2.45, 2.75) is 17.2 Å². The molecule has 1 aromatic heterocycles. The molecule has 0 aliphatic rings. The van der Waals surface area contributed by atoms with E-state index in [0.717, 1.165) is 11.8 Å². The SMILES string of the molecule is C[C@H](Sc1cnccn1)C(=O)[O-]. The Balaban J connectivity index is 2.58. The van der Waals surface area contributed by atoms with Crippen LogP contribution in [-0.4, -0.2) is 21.2 Å². The number of carboxylic acids is 1. The lowest BCUT2D eigenvalue weighted by molar-refractivity contribution is -0.304. The summed E-state index contributed by atoms with van der Waals surface area (Å²) in [6.07, 6.45) is 4.57. The van der Waals surface area contributed by atoms with Crippen LogP contribution in [0.25, 0.3) is 0 Å². The maximum atomic E-state index is 10.3. The van der Waals surface area contributed by atoms with E-state index in [2.05, 4.69) is 9.97 Å². The highest BCUT2D eigenvalue weighted by Gasteiger charge is 2.05. The summed E-state index contributed by atoms with van der Waals surface area (Å²) in [5.41, 5.74) is 0. The molecule has 0 aromatic carbocycles. The van der Waals surface area contributed by atoms with Gasteiger partial charge in [-0.1, -0.05) is 11.8 Å². The zero-order valence-electron chi connectivity index (χ0n) is 6.43. The number of carbonyl (C=O) groups is 1. The van der Waals surface area contributed by atoms with E-state index in [9.17, 15) is 9.90 Å². The summed E-state index contributed by atoms with van der Waals surface area (Å²) >= 11 is 1.12. The monoisotopic (exact) mass is 183 g/mol. The van der Waals surface area contributed by atoms with Gasteiger partial charge in [0.15, 0.2) is 0 Å². The molecular formula is C7H7N2O2S-. The normalized spacial score (nSPS) is 12.4. The van der Waals surface area contributed by atoms with Crippen molar-refractivity contribution in [3.63, 3.8) is 0 Å². The number of aliphatic carboxylic acids is 1. The van der Waals surface area contributed by atoms with Crippen LogP contribution in [0.5, 0.6) is 0 Å². The molecule has 0 bridgehead atoms. The van der Waals surface area contributed by atoms with Crippen LogP contribution in [0.1, 0.15) is 6.92 Å². The zero-order chi connectivity index (χ0) is 8.97. The van der Waals surface area contributed by atoms with E-state index < -0.39 is 11.2 Å². The Morgan fingerprint density at radius 1 is 1.67 bits per heavy atom. The van der Waals surface area contributed by atoms with Gasteiger partial charge in [0.05, 0.1) is 12.2 Å². The van der Waals surface area contributed by atoms with Gasteiger partial charge in [0, 0.05) is 17.6 Å². The fraction of sp³-hybridized carbons (Fsp3) is 0.286. The summed E-state index contributed by atoms with van der Waals surface area (Å²) in [6.45, 7) is 1.55. The molecule has 4 nitrogen and oxygen atoms in total. The summed E-state index contributed by atoms with van der Waals surface area (Å²) in [4.78, 5) is 18.0. The molecule has 0 spiro atoms. The molecule has 0 N–H and O–H groups in total. The van der Waals surface area contributed by atoms with Gasteiger partial charge < -0.3 is 9.90 Å². The first-order valence-corrected chi connectivity index (χ1v) is 4.21. The van der Waals surface area contributed by atoms with Crippen LogP contribution in [0.3, 0.4) is 0 Å². The second-order valence-electron chi connectivity index (χ2n) is 2.12. The van der Waals surface area contributed by atoms with Crippen LogP contribution < -0.4 is 5.11 Å². The number of nitrogens with zero attached hydrogens (tertiary/aromatic N) is 2. The van der Waals surface area contributed by atoms with Crippen molar-refractivity contribution in [3.05, 3.63) is 18.6 Å². The zero-order valence-corrected chi connectivity index (χ0v) is 7.25. The fourth-order valence-corrected chi connectivity index (χ4v) is 1.28.